The van der Waals surface area contributed by atoms with Gasteiger partial charge >= 0.3 is 0 Å². The van der Waals surface area contributed by atoms with Crippen molar-refractivity contribution in [3.05, 3.63) is 58.1 Å². The molecule has 0 fully saturated rings. The number of hydrogen-bond acceptors (Lipinski definition) is 2. The monoisotopic (exact) mass is 344 g/mol. The zero-order valence-corrected chi connectivity index (χ0v) is 13.7. The highest BCUT2D eigenvalue weighted by molar-refractivity contribution is 6.35. The summed E-state index contributed by atoms with van der Waals surface area (Å²) in [5.74, 6) is 1.55. The van der Waals surface area contributed by atoms with Crippen molar-refractivity contribution < 1.29 is 9.84 Å². The summed E-state index contributed by atoms with van der Waals surface area (Å²) in [4.78, 5) is 0. The van der Waals surface area contributed by atoms with Crippen molar-refractivity contribution in [3.63, 3.8) is 0 Å². The first-order valence-corrected chi connectivity index (χ1v) is 7.73. The quantitative estimate of drug-likeness (QED) is 0.712. The Bertz CT molecular complexity index is 609. The van der Waals surface area contributed by atoms with Crippen LogP contribution >= 0.6 is 34.8 Å². The van der Waals surface area contributed by atoms with Gasteiger partial charge in [-0.25, -0.2) is 0 Å². The number of ether oxygens (including phenoxy) is 1. The van der Waals surface area contributed by atoms with Crippen molar-refractivity contribution in [2.45, 2.75) is 18.9 Å². The molecule has 5 heteroatoms. The van der Waals surface area contributed by atoms with E-state index in [4.69, 9.17) is 39.5 Å². The van der Waals surface area contributed by atoms with E-state index in [-0.39, 0.29) is 0 Å². The summed E-state index contributed by atoms with van der Waals surface area (Å²) in [6.45, 7) is 1.74. The molecule has 0 aliphatic carbocycles. The van der Waals surface area contributed by atoms with Crippen LogP contribution in [0.1, 0.15) is 18.9 Å². The predicted octanol–water partition coefficient (Wildman–Crippen LogP) is 5.62. The molecule has 0 aromatic heterocycles. The SMILES string of the molecule is CC(O)(CCCl)c1ccc(Oc2ccc(Cl)cc2Cl)cc1. The van der Waals surface area contributed by atoms with Crippen molar-refractivity contribution in [1.82, 2.24) is 0 Å². The van der Waals surface area contributed by atoms with E-state index < -0.39 is 5.60 Å². The largest absolute Gasteiger partial charge is 0.456 e. The van der Waals surface area contributed by atoms with Gasteiger partial charge < -0.3 is 9.84 Å². The second kappa shape index (κ2) is 6.89. The summed E-state index contributed by atoms with van der Waals surface area (Å²) in [6, 6.07) is 12.2. The molecule has 1 atom stereocenters. The van der Waals surface area contributed by atoms with Crippen LogP contribution in [-0.2, 0) is 5.60 Å². The van der Waals surface area contributed by atoms with E-state index in [9.17, 15) is 5.11 Å². The van der Waals surface area contributed by atoms with Crippen molar-refractivity contribution in [2.24, 2.45) is 0 Å². The summed E-state index contributed by atoms with van der Waals surface area (Å²) in [6.07, 6.45) is 0.484. The second-order valence-corrected chi connectivity index (χ2v) is 6.14. The van der Waals surface area contributed by atoms with E-state index in [1.165, 1.54) is 0 Å². The Morgan fingerprint density at radius 3 is 2.33 bits per heavy atom. The molecule has 0 amide bonds. The van der Waals surface area contributed by atoms with E-state index in [2.05, 4.69) is 0 Å². The lowest BCUT2D eigenvalue weighted by Gasteiger charge is -2.22. The molecule has 21 heavy (non-hydrogen) atoms. The van der Waals surface area contributed by atoms with Crippen molar-refractivity contribution >= 4 is 34.8 Å². The lowest BCUT2D eigenvalue weighted by atomic mass is 9.93. The predicted molar refractivity (Wildman–Crippen MR) is 87.9 cm³/mol. The highest BCUT2D eigenvalue weighted by Gasteiger charge is 2.22. The number of alkyl halides is 1. The summed E-state index contributed by atoms with van der Waals surface area (Å²) in [5.41, 5.74) is -0.157. The van der Waals surface area contributed by atoms with Crippen molar-refractivity contribution in [2.75, 3.05) is 5.88 Å². The average molecular weight is 346 g/mol. The van der Waals surface area contributed by atoms with Gasteiger partial charge in [-0.3, -0.25) is 0 Å². The molecule has 1 N–H and O–H groups in total. The molecule has 0 aliphatic heterocycles. The van der Waals surface area contributed by atoms with Gasteiger partial charge in [-0.1, -0.05) is 35.3 Å². The summed E-state index contributed by atoms with van der Waals surface area (Å²) in [7, 11) is 0. The molecule has 2 aromatic carbocycles. The van der Waals surface area contributed by atoms with Crippen LogP contribution in [0.5, 0.6) is 11.5 Å². The summed E-state index contributed by atoms with van der Waals surface area (Å²) >= 11 is 17.6. The summed E-state index contributed by atoms with van der Waals surface area (Å²) in [5, 5.41) is 11.3. The van der Waals surface area contributed by atoms with E-state index in [1.54, 1.807) is 37.3 Å². The van der Waals surface area contributed by atoms with Crippen molar-refractivity contribution in [1.29, 1.82) is 0 Å². The van der Waals surface area contributed by atoms with Gasteiger partial charge in [0.1, 0.15) is 11.5 Å². The third kappa shape index (κ3) is 4.27. The highest BCUT2D eigenvalue weighted by Crippen LogP contribution is 2.33. The smallest absolute Gasteiger partial charge is 0.146 e. The van der Waals surface area contributed by atoms with Crippen LogP contribution in [0.4, 0.5) is 0 Å². The Labute approximate surface area is 139 Å². The number of rotatable bonds is 5. The molecule has 0 radical (unpaired) electrons. The third-order valence-corrected chi connectivity index (χ3v) is 3.90. The lowest BCUT2D eigenvalue weighted by molar-refractivity contribution is 0.0540. The highest BCUT2D eigenvalue weighted by atomic mass is 35.5. The average Bonchev–Trinajstić information content (AvgIpc) is 2.42. The van der Waals surface area contributed by atoms with Gasteiger partial charge in [0, 0.05) is 10.9 Å². The third-order valence-electron chi connectivity index (χ3n) is 3.18. The van der Waals surface area contributed by atoms with Crippen LogP contribution < -0.4 is 4.74 Å². The lowest BCUT2D eigenvalue weighted by Crippen LogP contribution is -2.21. The van der Waals surface area contributed by atoms with Crippen LogP contribution in [0.15, 0.2) is 42.5 Å². The molecule has 0 saturated carbocycles. The van der Waals surface area contributed by atoms with E-state index in [1.807, 2.05) is 12.1 Å². The van der Waals surface area contributed by atoms with Crippen molar-refractivity contribution in [3.8, 4) is 11.5 Å². The van der Waals surface area contributed by atoms with Gasteiger partial charge in [0.05, 0.1) is 10.6 Å². The second-order valence-electron chi connectivity index (χ2n) is 4.91. The standard InChI is InChI=1S/C16H15Cl3O2/c1-16(20,8-9-17)11-2-5-13(6-3-11)21-15-7-4-12(18)10-14(15)19/h2-7,10,20H,8-9H2,1H3. The molecule has 112 valence electrons. The normalized spacial score (nSPS) is 13.8. The van der Waals surface area contributed by atoms with Gasteiger partial charge in [0.25, 0.3) is 0 Å². The molecule has 0 aliphatic rings. The summed E-state index contributed by atoms with van der Waals surface area (Å²) < 4.78 is 5.69. The first-order valence-electron chi connectivity index (χ1n) is 6.44. The van der Waals surface area contributed by atoms with Crippen LogP contribution in [0.2, 0.25) is 10.0 Å². The first kappa shape index (κ1) is 16.4. The first-order chi connectivity index (χ1) is 9.92. The molecule has 0 heterocycles. The molecule has 2 rings (SSSR count). The Morgan fingerprint density at radius 2 is 1.76 bits per heavy atom. The number of hydrogen-bond donors (Lipinski definition) is 1. The Kier molecular flexibility index (Phi) is 5.39. The Hall–Kier alpha value is -0.930. The van der Waals surface area contributed by atoms with E-state index in [0.717, 1.165) is 5.56 Å². The minimum Gasteiger partial charge on any atom is -0.456 e. The van der Waals surface area contributed by atoms with Crippen LogP contribution in [0, 0.1) is 0 Å². The van der Waals surface area contributed by atoms with Crippen LogP contribution in [0.25, 0.3) is 0 Å². The van der Waals surface area contributed by atoms with E-state index in [0.29, 0.717) is 33.8 Å². The number of benzene rings is 2. The van der Waals surface area contributed by atoms with Crippen LogP contribution in [0.3, 0.4) is 0 Å². The minimum atomic E-state index is -0.946. The molecular formula is C16H15Cl3O2. The fourth-order valence-electron chi connectivity index (χ4n) is 1.90. The maximum Gasteiger partial charge on any atom is 0.146 e. The van der Waals surface area contributed by atoms with Gasteiger partial charge in [0.15, 0.2) is 0 Å². The molecular weight excluding hydrogens is 331 g/mol. The molecule has 1 unspecified atom stereocenters. The molecule has 2 aromatic rings. The van der Waals surface area contributed by atoms with Gasteiger partial charge in [-0.15, -0.1) is 11.6 Å². The molecule has 0 saturated heterocycles. The maximum atomic E-state index is 10.3. The Morgan fingerprint density at radius 1 is 1.10 bits per heavy atom. The fraction of sp³-hybridized carbons (Fsp3) is 0.250. The zero-order chi connectivity index (χ0) is 15.5. The van der Waals surface area contributed by atoms with Crippen LogP contribution in [-0.4, -0.2) is 11.0 Å². The molecule has 0 spiro atoms. The van der Waals surface area contributed by atoms with Gasteiger partial charge in [-0.05, 0) is 49.2 Å². The van der Waals surface area contributed by atoms with Gasteiger partial charge in [-0.2, -0.15) is 0 Å². The molecule has 0 bridgehead atoms. The number of aliphatic hydroxyl groups is 1. The maximum absolute atomic E-state index is 10.3. The van der Waals surface area contributed by atoms with Gasteiger partial charge in [0.2, 0.25) is 0 Å². The topological polar surface area (TPSA) is 29.5 Å². The number of halogens is 3. The minimum absolute atomic E-state index is 0.394. The Balaban J connectivity index is 2.16. The zero-order valence-electron chi connectivity index (χ0n) is 11.4. The fourth-order valence-corrected chi connectivity index (χ4v) is 2.71. The van der Waals surface area contributed by atoms with E-state index >= 15 is 0 Å². The molecule has 2 nitrogen and oxygen atoms in total.